The van der Waals surface area contributed by atoms with E-state index in [1.165, 1.54) is 10.4 Å². The molecule has 116 valence electrons. The average Bonchev–Trinajstić information content (AvgIpc) is 2.83. The molecule has 0 aliphatic carbocycles. The first-order valence-corrected chi connectivity index (χ1v) is 8.14. The fourth-order valence-corrected chi connectivity index (χ4v) is 3.66. The topological polar surface area (TPSA) is 69.6 Å². The maximum absolute atomic E-state index is 12.2. The van der Waals surface area contributed by atoms with Crippen LogP contribution in [0.15, 0.2) is 11.4 Å². The van der Waals surface area contributed by atoms with Gasteiger partial charge in [0, 0.05) is 24.5 Å². The number of hydrogen-bond donors (Lipinski definition) is 2. The van der Waals surface area contributed by atoms with Gasteiger partial charge in [0.05, 0.1) is 5.92 Å². The molecule has 1 fully saturated rings. The second-order valence-electron chi connectivity index (χ2n) is 5.79. The first-order chi connectivity index (χ1) is 9.97. The fraction of sp³-hybridized carbons (Fsp3) is 0.600. The van der Waals surface area contributed by atoms with Crippen LogP contribution in [0.3, 0.4) is 0 Å². The maximum atomic E-state index is 12.2. The summed E-state index contributed by atoms with van der Waals surface area (Å²) in [6, 6.07) is 1.92. The number of nitrogens with zero attached hydrogens (tertiary/aromatic N) is 1. The summed E-state index contributed by atoms with van der Waals surface area (Å²) in [7, 11) is 0. The summed E-state index contributed by atoms with van der Waals surface area (Å²) in [5, 5.41) is 14.1. The number of carboxylic acid groups (broad SMARTS) is 1. The largest absolute Gasteiger partial charge is 0.481 e. The predicted molar refractivity (Wildman–Crippen MR) is 82.6 cm³/mol. The van der Waals surface area contributed by atoms with Crippen LogP contribution in [0.25, 0.3) is 0 Å². The SMILES string of the molecule is Cc1ccsc1CCNC(=O)N1CC(C)CC(C(=O)O)C1. The molecule has 2 amide bonds. The highest BCUT2D eigenvalue weighted by Crippen LogP contribution is 2.21. The Labute approximate surface area is 129 Å². The Balaban J connectivity index is 1.82. The van der Waals surface area contributed by atoms with Crippen LogP contribution in [-0.4, -0.2) is 41.6 Å². The standard InChI is InChI=1S/C15H22N2O3S/c1-10-7-12(14(18)19)9-17(8-10)15(20)16-5-3-13-11(2)4-6-21-13/h4,6,10,12H,3,5,7-9H2,1-2H3,(H,16,20)(H,18,19). The van der Waals surface area contributed by atoms with Gasteiger partial charge in [-0.25, -0.2) is 4.79 Å². The number of likely N-dealkylation sites (tertiary alicyclic amines) is 1. The molecular formula is C15H22N2O3S. The molecule has 0 bridgehead atoms. The number of thiophene rings is 1. The first-order valence-electron chi connectivity index (χ1n) is 7.26. The number of piperidine rings is 1. The van der Waals surface area contributed by atoms with Gasteiger partial charge in [0.25, 0.3) is 0 Å². The smallest absolute Gasteiger partial charge is 0.317 e. The monoisotopic (exact) mass is 310 g/mol. The molecule has 0 saturated carbocycles. The van der Waals surface area contributed by atoms with Crippen LogP contribution < -0.4 is 5.32 Å². The minimum absolute atomic E-state index is 0.151. The van der Waals surface area contributed by atoms with Crippen molar-refractivity contribution >= 4 is 23.3 Å². The number of hydrogen-bond acceptors (Lipinski definition) is 3. The molecular weight excluding hydrogens is 288 g/mol. The van der Waals surface area contributed by atoms with Crippen LogP contribution in [0.2, 0.25) is 0 Å². The van der Waals surface area contributed by atoms with Crippen molar-refractivity contribution in [1.29, 1.82) is 0 Å². The minimum atomic E-state index is -0.812. The van der Waals surface area contributed by atoms with E-state index in [0.29, 0.717) is 26.1 Å². The lowest BCUT2D eigenvalue weighted by atomic mass is 9.91. The fourth-order valence-electron chi connectivity index (χ4n) is 2.75. The van der Waals surface area contributed by atoms with Crippen molar-refractivity contribution in [2.75, 3.05) is 19.6 Å². The van der Waals surface area contributed by atoms with Gasteiger partial charge in [0.1, 0.15) is 0 Å². The van der Waals surface area contributed by atoms with Crippen LogP contribution in [-0.2, 0) is 11.2 Å². The molecule has 2 unspecified atom stereocenters. The van der Waals surface area contributed by atoms with Gasteiger partial charge in [0.2, 0.25) is 0 Å². The third-order valence-electron chi connectivity index (χ3n) is 3.89. The molecule has 21 heavy (non-hydrogen) atoms. The zero-order valence-corrected chi connectivity index (χ0v) is 13.3. The zero-order chi connectivity index (χ0) is 15.4. The van der Waals surface area contributed by atoms with Crippen LogP contribution in [0.1, 0.15) is 23.8 Å². The van der Waals surface area contributed by atoms with E-state index in [4.69, 9.17) is 5.11 Å². The summed E-state index contributed by atoms with van der Waals surface area (Å²) in [5.41, 5.74) is 1.26. The van der Waals surface area contributed by atoms with Gasteiger partial charge in [-0.2, -0.15) is 0 Å². The van der Waals surface area contributed by atoms with Crippen molar-refractivity contribution in [1.82, 2.24) is 10.2 Å². The van der Waals surface area contributed by atoms with Gasteiger partial charge >= 0.3 is 12.0 Å². The van der Waals surface area contributed by atoms with Gasteiger partial charge in [-0.1, -0.05) is 6.92 Å². The Hall–Kier alpha value is -1.56. The quantitative estimate of drug-likeness (QED) is 0.897. The van der Waals surface area contributed by atoms with E-state index in [1.54, 1.807) is 16.2 Å². The number of carbonyl (C=O) groups excluding carboxylic acids is 1. The van der Waals surface area contributed by atoms with Gasteiger partial charge in [-0.3, -0.25) is 4.79 Å². The van der Waals surface area contributed by atoms with Gasteiger partial charge in [-0.05, 0) is 42.7 Å². The third-order valence-corrected chi connectivity index (χ3v) is 4.98. The van der Waals surface area contributed by atoms with Crippen LogP contribution in [0.5, 0.6) is 0 Å². The second kappa shape index (κ2) is 6.93. The van der Waals surface area contributed by atoms with E-state index in [1.807, 2.05) is 6.92 Å². The molecule has 0 spiro atoms. The van der Waals surface area contributed by atoms with E-state index in [0.717, 1.165) is 6.42 Å². The number of urea groups is 1. The molecule has 2 N–H and O–H groups in total. The lowest BCUT2D eigenvalue weighted by molar-refractivity contribution is -0.143. The molecule has 1 aliphatic rings. The Morgan fingerprint density at radius 3 is 2.86 bits per heavy atom. The van der Waals surface area contributed by atoms with E-state index >= 15 is 0 Å². The van der Waals surface area contributed by atoms with Gasteiger partial charge in [-0.15, -0.1) is 11.3 Å². The van der Waals surface area contributed by atoms with Crippen molar-refractivity contribution in [3.8, 4) is 0 Å². The molecule has 0 aromatic carbocycles. The number of aryl methyl sites for hydroxylation is 1. The van der Waals surface area contributed by atoms with Crippen molar-refractivity contribution < 1.29 is 14.7 Å². The molecule has 2 rings (SSSR count). The molecule has 2 heterocycles. The number of nitrogens with one attached hydrogen (secondary N) is 1. The number of amides is 2. The van der Waals surface area contributed by atoms with Gasteiger partial charge in [0.15, 0.2) is 0 Å². The van der Waals surface area contributed by atoms with Crippen molar-refractivity contribution in [3.05, 3.63) is 21.9 Å². The lowest BCUT2D eigenvalue weighted by Gasteiger charge is -2.34. The van der Waals surface area contributed by atoms with E-state index in [9.17, 15) is 9.59 Å². The normalized spacial score (nSPS) is 22.1. The summed E-state index contributed by atoms with van der Waals surface area (Å²) in [4.78, 5) is 26.2. The minimum Gasteiger partial charge on any atom is -0.481 e. The predicted octanol–water partition coefficient (Wildman–Crippen LogP) is 2.35. The number of aliphatic carboxylic acids is 1. The third kappa shape index (κ3) is 4.20. The average molecular weight is 310 g/mol. The Morgan fingerprint density at radius 2 is 2.24 bits per heavy atom. The molecule has 6 heteroatoms. The molecule has 5 nitrogen and oxygen atoms in total. The summed E-state index contributed by atoms with van der Waals surface area (Å²) in [5.74, 6) is -1.03. The molecule has 1 aliphatic heterocycles. The molecule has 1 aromatic heterocycles. The van der Waals surface area contributed by atoms with Crippen molar-refractivity contribution in [2.45, 2.75) is 26.7 Å². The van der Waals surface area contributed by atoms with E-state index in [2.05, 4.69) is 23.7 Å². The Morgan fingerprint density at radius 1 is 1.48 bits per heavy atom. The van der Waals surface area contributed by atoms with E-state index < -0.39 is 11.9 Å². The lowest BCUT2D eigenvalue weighted by Crippen LogP contribution is -2.49. The van der Waals surface area contributed by atoms with Crippen LogP contribution in [0.4, 0.5) is 4.79 Å². The molecule has 2 atom stereocenters. The molecule has 1 aromatic rings. The zero-order valence-electron chi connectivity index (χ0n) is 12.5. The number of carboxylic acids is 1. The van der Waals surface area contributed by atoms with Crippen LogP contribution in [0, 0.1) is 18.8 Å². The Bertz CT molecular complexity index is 515. The number of carbonyl (C=O) groups is 2. The van der Waals surface area contributed by atoms with Crippen LogP contribution >= 0.6 is 11.3 Å². The van der Waals surface area contributed by atoms with E-state index in [-0.39, 0.29) is 11.9 Å². The summed E-state index contributed by atoms with van der Waals surface area (Å²) < 4.78 is 0. The summed E-state index contributed by atoms with van der Waals surface area (Å²) in [6.45, 7) is 5.59. The van der Waals surface area contributed by atoms with Crippen molar-refractivity contribution in [3.63, 3.8) is 0 Å². The maximum Gasteiger partial charge on any atom is 0.317 e. The summed E-state index contributed by atoms with van der Waals surface area (Å²) in [6.07, 6.45) is 1.47. The highest BCUT2D eigenvalue weighted by molar-refractivity contribution is 7.10. The number of rotatable bonds is 4. The van der Waals surface area contributed by atoms with Gasteiger partial charge < -0.3 is 15.3 Å². The second-order valence-corrected chi connectivity index (χ2v) is 6.79. The van der Waals surface area contributed by atoms with Crippen molar-refractivity contribution in [2.24, 2.45) is 11.8 Å². The highest BCUT2D eigenvalue weighted by atomic mass is 32.1. The highest BCUT2D eigenvalue weighted by Gasteiger charge is 2.31. The molecule has 1 saturated heterocycles. The Kier molecular flexibility index (Phi) is 5.22. The molecule has 0 radical (unpaired) electrons. The first kappa shape index (κ1) is 15.8. The summed E-state index contributed by atoms with van der Waals surface area (Å²) >= 11 is 1.70.